The van der Waals surface area contributed by atoms with Gasteiger partial charge in [0.15, 0.2) is 0 Å². The zero-order valence-corrected chi connectivity index (χ0v) is 13.6. The quantitative estimate of drug-likeness (QED) is 0.918. The number of nitrogens with zero attached hydrogens (tertiary/aromatic N) is 1. The highest BCUT2D eigenvalue weighted by Crippen LogP contribution is 2.39. The van der Waals surface area contributed by atoms with Gasteiger partial charge in [-0.25, -0.2) is 4.79 Å². The van der Waals surface area contributed by atoms with Crippen LogP contribution < -0.4 is 0 Å². The molecule has 3 nitrogen and oxygen atoms in total. The molecule has 2 heterocycles. The highest BCUT2D eigenvalue weighted by molar-refractivity contribution is 5.88. The predicted octanol–water partition coefficient (Wildman–Crippen LogP) is 4.21. The van der Waals surface area contributed by atoms with Crippen molar-refractivity contribution in [1.29, 1.82) is 0 Å². The Morgan fingerprint density at radius 2 is 1.79 bits per heavy atom. The molecule has 0 aliphatic carbocycles. The molecule has 1 fully saturated rings. The van der Waals surface area contributed by atoms with Crippen molar-refractivity contribution in [2.75, 3.05) is 0 Å². The Bertz CT molecular complexity index is 764. The molecule has 1 saturated heterocycles. The highest BCUT2D eigenvalue weighted by atomic mass is 16.4. The summed E-state index contributed by atoms with van der Waals surface area (Å²) in [5.74, 6) is -0.867. The molecule has 2 aromatic rings. The van der Waals surface area contributed by atoms with E-state index in [4.69, 9.17) is 5.11 Å². The van der Waals surface area contributed by atoms with Gasteiger partial charge in [-0.05, 0) is 48.1 Å². The van der Waals surface area contributed by atoms with E-state index in [0.29, 0.717) is 17.6 Å². The van der Waals surface area contributed by atoms with Crippen LogP contribution in [-0.2, 0) is 6.54 Å². The van der Waals surface area contributed by atoms with Crippen LogP contribution in [0.3, 0.4) is 0 Å². The number of rotatable bonds is 4. The molecule has 0 radical (unpaired) electrons. The molecule has 122 valence electrons. The average molecular weight is 319 g/mol. The molecule has 1 N–H and O–H groups in total. The Kier molecular flexibility index (Phi) is 3.95. The van der Waals surface area contributed by atoms with Gasteiger partial charge in [-0.1, -0.05) is 48.5 Å². The summed E-state index contributed by atoms with van der Waals surface area (Å²) in [5.41, 5.74) is 4.25. The maximum absolute atomic E-state index is 11.0. The second kappa shape index (κ2) is 6.25. The normalized spacial score (nSPS) is 23.1. The minimum absolute atomic E-state index is 0.351. The third-order valence-corrected chi connectivity index (χ3v) is 5.25. The summed E-state index contributed by atoms with van der Waals surface area (Å²) in [6, 6.07) is 19.1. The zero-order chi connectivity index (χ0) is 16.5. The Balaban J connectivity index is 1.54. The summed E-state index contributed by atoms with van der Waals surface area (Å²) in [6.07, 6.45) is 5.90. The van der Waals surface area contributed by atoms with Gasteiger partial charge >= 0.3 is 5.97 Å². The lowest BCUT2D eigenvalue weighted by atomic mass is 9.93. The molecule has 0 saturated carbocycles. The van der Waals surface area contributed by atoms with Crippen LogP contribution in [0.4, 0.5) is 0 Å². The van der Waals surface area contributed by atoms with E-state index in [0.717, 1.165) is 18.5 Å². The number of carbonyl (C=O) groups is 1. The standard InChI is InChI=1S/C21H21NO2/c23-21(24)17-8-6-16(7-9-17)18-12-19-10-11-20(13-18)22(19)14-15-4-2-1-3-5-15/h1-9,12,19-20H,10-11,13-14H2,(H,23,24). The maximum Gasteiger partial charge on any atom is 0.335 e. The number of hydrogen-bond acceptors (Lipinski definition) is 2. The molecule has 0 amide bonds. The van der Waals surface area contributed by atoms with E-state index in [9.17, 15) is 4.79 Å². The van der Waals surface area contributed by atoms with Crippen LogP contribution in [0.15, 0.2) is 60.7 Å². The van der Waals surface area contributed by atoms with Crippen molar-refractivity contribution in [1.82, 2.24) is 4.90 Å². The Morgan fingerprint density at radius 1 is 1.04 bits per heavy atom. The molecule has 0 spiro atoms. The Labute approximate surface area is 142 Å². The van der Waals surface area contributed by atoms with E-state index < -0.39 is 5.97 Å². The van der Waals surface area contributed by atoms with Gasteiger partial charge in [-0.15, -0.1) is 0 Å². The van der Waals surface area contributed by atoms with Gasteiger partial charge in [0.05, 0.1) is 5.56 Å². The molecule has 2 unspecified atom stereocenters. The number of fused-ring (bicyclic) bond motifs is 2. The fourth-order valence-electron chi connectivity index (χ4n) is 4.00. The monoisotopic (exact) mass is 319 g/mol. The van der Waals surface area contributed by atoms with Crippen molar-refractivity contribution in [3.8, 4) is 0 Å². The first-order chi connectivity index (χ1) is 11.7. The topological polar surface area (TPSA) is 40.5 Å². The van der Waals surface area contributed by atoms with Crippen LogP contribution in [-0.4, -0.2) is 28.1 Å². The summed E-state index contributed by atoms with van der Waals surface area (Å²) < 4.78 is 0. The zero-order valence-electron chi connectivity index (χ0n) is 13.6. The van der Waals surface area contributed by atoms with Crippen molar-refractivity contribution >= 4 is 11.5 Å². The largest absolute Gasteiger partial charge is 0.478 e. The number of carboxylic acids is 1. The van der Waals surface area contributed by atoms with E-state index in [1.807, 2.05) is 12.1 Å². The lowest BCUT2D eigenvalue weighted by Crippen LogP contribution is -2.37. The number of hydrogen-bond donors (Lipinski definition) is 1. The van der Waals surface area contributed by atoms with Gasteiger partial charge in [-0.3, -0.25) is 4.90 Å². The Morgan fingerprint density at radius 3 is 2.46 bits per heavy atom. The van der Waals surface area contributed by atoms with E-state index >= 15 is 0 Å². The number of aromatic carboxylic acids is 1. The lowest BCUT2D eigenvalue weighted by Gasteiger charge is -2.34. The number of carboxylic acid groups (broad SMARTS) is 1. The minimum Gasteiger partial charge on any atom is -0.478 e. The van der Waals surface area contributed by atoms with Crippen molar-refractivity contribution in [2.45, 2.75) is 37.9 Å². The highest BCUT2D eigenvalue weighted by Gasteiger charge is 2.36. The van der Waals surface area contributed by atoms with E-state index in [2.05, 4.69) is 41.3 Å². The molecular weight excluding hydrogens is 298 g/mol. The first-order valence-electron chi connectivity index (χ1n) is 8.55. The molecule has 4 rings (SSSR count). The van der Waals surface area contributed by atoms with Crippen LogP contribution in [0, 0.1) is 0 Å². The molecular formula is C21H21NO2. The molecule has 24 heavy (non-hydrogen) atoms. The van der Waals surface area contributed by atoms with Crippen molar-refractivity contribution in [3.63, 3.8) is 0 Å². The summed E-state index contributed by atoms with van der Waals surface area (Å²) >= 11 is 0. The summed E-state index contributed by atoms with van der Waals surface area (Å²) in [7, 11) is 0. The van der Waals surface area contributed by atoms with Gasteiger partial charge < -0.3 is 5.11 Å². The molecule has 2 bridgehead atoms. The van der Waals surface area contributed by atoms with Gasteiger partial charge in [0.25, 0.3) is 0 Å². The molecule has 0 aromatic heterocycles. The SMILES string of the molecule is O=C(O)c1ccc(C2=CC3CCC(C2)N3Cc2ccccc2)cc1. The smallest absolute Gasteiger partial charge is 0.335 e. The molecule has 2 aromatic carbocycles. The molecule has 3 heteroatoms. The summed E-state index contributed by atoms with van der Waals surface area (Å²) in [5, 5.41) is 9.03. The first kappa shape index (κ1) is 15.2. The van der Waals surface area contributed by atoms with Crippen molar-refractivity contribution in [3.05, 3.63) is 77.4 Å². The first-order valence-corrected chi connectivity index (χ1v) is 8.55. The molecule has 2 atom stereocenters. The van der Waals surface area contributed by atoms with Crippen LogP contribution in [0.2, 0.25) is 0 Å². The van der Waals surface area contributed by atoms with Crippen molar-refractivity contribution in [2.24, 2.45) is 0 Å². The second-order valence-electron chi connectivity index (χ2n) is 6.73. The van der Waals surface area contributed by atoms with Crippen LogP contribution in [0.5, 0.6) is 0 Å². The fraction of sp³-hybridized carbons (Fsp3) is 0.286. The van der Waals surface area contributed by atoms with Crippen LogP contribution in [0.1, 0.15) is 40.7 Å². The van der Waals surface area contributed by atoms with E-state index in [1.54, 1.807) is 12.1 Å². The molecule has 2 aliphatic rings. The van der Waals surface area contributed by atoms with Gasteiger partial charge in [-0.2, -0.15) is 0 Å². The average Bonchev–Trinajstić information content (AvgIpc) is 2.84. The molecule has 2 aliphatic heterocycles. The summed E-state index contributed by atoms with van der Waals surface area (Å²) in [4.78, 5) is 13.6. The minimum atomic E-state index is -0.867. The van der Waals surface area contributed by atoms with Crippen molar-refractivity contribution < 1.29 is 9.90 Å². The Hall–Kier alpha value is -2.39. The third-order valence-electron chi connectivity index (χ3n) is 5.25. The third kappa shape index (κ3) is 2.87. The second-order valence-corrected chi connectivity index (χ2v) is 6.73. The number of benzene rings is 2. The van der Waals surface area contributed by atoms with E-state index in [-0.39, 0.29) is 0 Å². The lowest BCUT2D eigenvalue weighted by molar-refractivity contribution is 0.0697. The van der Waals surface area contributed by atoms with E-state index in [1.165, 1.54) is 24.0 Å². The maximum atomic E-state index is 11.0. The van der Waals surface area contributed by atoms with Crippen LogP contribution >= 0.6 is 0 Å². The van der Waals surface area contributed by atoms with Gasteiger partial charge in [0, 0.05) is 18.6 Å². The van der Waals surface area contributed by atoms with Crippen LogP contribution in [0.25, 0.3) is 5.57 Å². The van der Waals surface area contributed by atoms with Gasteiger partial charge in [0.1, 0.15) is 0 Å². The fourth-order valence-corrected chi connectivity index (χ4v) is 4.00. The summed E-state index contributed by atoms with van der Waals surface area (Å²) in [6.45, 7) is 1.01. The predicted molar refractivity (Wildman–Crippen MR) is 94.8 cm³/mol. The van der Waals surface area contributed by atoms with Gasteiger partial charge in [0.2, 0.25) is 0 Å².